The Morgan fingerprint density at radius 2 is 1.86 bits per heavy atom. The van der Waals surface area contributed by atoms with Crippen LogP contribution in [0.1, 0.15) is 11.6 Å². The minimum Gasteiger partial charge on any atom is -0.497 e. The van der Waals surface area contributed by atoms with E-state index in [-0.39, 0.29) is 24.2 Å². The van der Waals surface area contributed by atoms with Crippen molar-refractivity contribution in [3.63, 3.8) is 0 Å². The summed E-state index contributed by atoms with van der Waals surface area (Å²) in [4.78, 5) is 27.1. The Bertz CT molecular complexity index is 1040. The van der Waals surface area contributed by atoms with E-state index in [4.69, 9.17) is 4.74 Å². The highest BCUT2D eigenvalue weighted by Crippen LogP contribution is 2.22. The number of fused-ring (bicyclic) bond motifs is 1. The van der Waals surface area contributed by atoms with Gasteiger partial charge in [-0.05, 0) is 43.9 Å². The van der Waals surface area contributed by atoms with E-state index in [2.05, 4.69) is 5.32 Å². The number of hydrogen-bond acceptors (Lipinski definition) is 4. The van der Waals surface area contributed by atoms with Crippen LogP contribution >= 0.6 is 0 Å². The van der Waals surface area contributed by atoms with Gasteiger partial charge in [-0.1, -0.05) is 24.3 Å². The first kappa shape index (κ1) is 19.7. The fraction of sp³-hybridized carbons (Fsp3) is 0.333. The minimum atomic E-state index is -0.201. The van der Waals surface area contributed by atoms with Gasteiger partial charge in [0, 0.05) is 13.6 Å². The molecular formula is C21H26N4O3. The third-order valence-corrected chi connectivity index (χ3v) is 4.95. The van der Waals surface area contributed by atoms with Gasteiger partial charge in [0.15, 0.2) is 0 Å². The van der Waals surface area contributed by atoms with Gasteiger partial charge in [0.25, 0.3) is 0 Å². The lowest BCUT2D eigenvalue weighted by Crippen LogP contribution is -2.37. The number of hydrogen-bond donors (Lipinski definition) is 1. The van der Waals surface area contributed by atoms with Gasteiger partial charge in [0.1, 0.15) is 12.3 Å². The molecule has 1 atom stereocenters. The van der Waals surface area contributed by atoms with Crippen LogP contribution in [0.2, 0.25) is 0 Å². The second-order valence-corrected chi connectivity index (χ2v) is 6.98. The largest absolute Gasteiger partial charge is 0.497 e. The van der Waals surface area contributed by atoms with Gasteiger partial charge < -0.3 is 15.0 Å². The molecule has 0 radical (unpaired) electrons. The van der Waals surface area contributed by atoms with Crippen LogP contribution in [0, 0.1) is 0 Å². The summed E-state index contributed by atoms with van der Waals surface area (Å²) < 4.78 is 8.36. The average molecular weight is 382 g/mol. The van der Waals surface area contributed by atoms with E-state index in [1.165, 1.54) is 4.57 Å². The lowest BCUT2D eigenvalue weighted by molar-refractivity contribution is -0.121. The summed E-state index contributed by atoms with van der Waals surface area (Å²) in [6.45, 7) is 0.414. The zero-order valence-corrected chi connectivity index (χ0v) is 16.7. The number of aromatic nitrogens is 2. The number of ether oxygens (including phenoxy) is 1. The van der Waals surface area contributed by atoms with E-state index in [0.717, 1.165) is 22.3 Å². The minimum absolute atomic E-state index is 0.0108. The molecule has 28 heavy (non-hydrogen) atoms. The third kappa shape index (κ3) is 3.94. The quantitative estimate of drug-likeness (QED) is 0.676. The van der Waals surface area contributed by atoms with Crippen molar-refractivity contribution in [2.45, 2.75) is 12.6 Å². The van der Waals surface area contributed by atoms with Crippen LogP contribution in [0.4, 0.5) is 0 Å². The van der Waals surface area contributed by atoms with Crippen molar-refractivity contribution in [1.29, 1.82) is 0 Å². The number of amides is 1. The fourth-order valence-corrected chi connectivity index (χ4v) is 3.37. The summed E-state index contributed by atoms with van der Waals surface area (Å²) in [5.74, 6) is 0.575. The van der Waals surface area contributed by atoms with Crippen LogP contribution in [-0.2, 0) is 18.4 Å². The van der Waals surface area contributed by atoms with E-state index in [1.54, 1.807) is 18.7 Å². The second kappa shape index (κ2) is 8.31. The maximum absolute atomic E-state index is 12.6. The van der Waals surface area contributed by atoms with Gasteiger partial charge in [-0.3, -0.25) is 13.9 Å². The molecule has 7 nitrogen and oxygen atoms in total. The summed E-state index contributed by atoms with van der Waals surface area (Å²) in [6, 6.07) is 15.2. The van der Waals surface area contributed by atoms with Crippen molar-refractivity contribution in [2.75, 3.05) is 27.7 Å². The molecule has 0 aliphatic rings. The number of nitrogens with one attached hydrogen (secondary N) is 1. The molecule has 1 N–H and O–H groups in total. The number of benzene rings is 2. The van der Waals surface area contributed by atoms with Crippen LogP contribution in [0.15, 0.2) is 53.3 Å². The number of carbonyl (C=O) groups excluding carboxylic acids is 1. The zero-order chi connectivity index (χ0) is 20.3. The van der Waals surface area contributed by atoms with Gasteiger partial charge >= 0.3 is 5.69 Å². The Morgan fingerprint density at radius 1 is 1.14 bits per heavy atom. The summed E-state index contributed by atoms with van der Waals surface area (Å²) >= 11 is 0. The zero-order valence-electron chi connectivity index (χ0n) is 16.7. The Morgan fingerprint density at radius 3 is 2.54 bits per heavy atom. The highest BCUT2D eigenvalue weighted by atomic mass is 16.5. The van der Waals surface area contributed by atoms with Crippen molar-refractivity contribution >= 4 is 16.9 Å². The maximum Gasteiger partial charge on any atom is 0.329 e. The molecule has 7 heteroatoms. The number of para-hydroxylation sites is 2. The van der Waals surface area contributed by atoms with Gasteiger partial charge in [0.2, 0.25) is 5.91 Å². The molecule has 0 saturated heterocycles. The molecule has 148 valence electrons. The number of methoxy groups -OCH3 is 1. The number of aryl methyl sites for hydroxylation is 1. The SMILES string of the molecule is COc1cccc(C(CNC(=O)Cn2c(=O)n(C)c3ccccc32)N(C)C)c1. The summed E-state index contributed by atoms with van der Waals surface area (Å²) in [7, 11) is 7.27. The van der Waals surface area contributed by atoms with Crippen molar-refractivity contribution in [3.05, 3.63) is 64.6 Å². The predicted octanol–water partition coefficient (Wildman–Crippen LogP) is 1.77. The molecule has 0 spiro atoms. The summed E-state index contributed by atoms with van der Waals surface area (Å²) in [5.41, 5.74) is 2.41. The average Bonchev–Trinajstić information content (AvgIpc) is 2.93. The Hall–Kier alpha value is -3.06. The van der Waals surface area contributed by atoms with Crippen LogP contribution in [0.25, 0.3) is 11.0 Å². The smallest absolute Gasteiger partial charge is 0.329 e. The van der Waals surface area contributed by atoms with E-state index in [9.17, 15) is 9.59 Å². The molecular weight excluding hydrogens is 356 g/mol. The topological polar surface area (TPSA) is 68.5 Å². The van der Waals surface area contributed by atoms with Gasteiger partial charge in [0.05, 0.1) is 24.2 Å². The molecule has 1 heterocycles. The Kier molecular flexibility index (Phi) is 5.84. The molecule has 0 aliphatic carbocycles. The number of nitrogens with zero attached hydrogens (tertiary/aromatic N) is 3. The standard InChI is InChI=1S/C21H26N4O3/c1-23(2)19(15-8-7-9-16(12-15)28-4)13-22-20(26)14-25-18-11-6-5-10-17(18)24(3)21(25)27/h5-12,19H,13-14H2,1-4H3,(H,22,26). The number of likely N-dealkylation sites (N-methyl/N-ethyl adjacent to an activating group) is 1. The first-order valence-corrected chi connectivity index (χ1v) is 9.13. The van der Waals surface area contributed by atoms with E-state index in [1.807, 2.05) is 67.5 Å². The molecule has 1 unspecified atom stereocenters. The number of rotatable bonds is 7. The van der Waals surface area contributed by atoms with Gasteiger partial charge in [-0.25, -0.2) is 4.79 Å². The second-order valence-electron chi connectivity index (χ2n) is 6.98. The highest BCUT2D eigenvalue weighted by Gasteiger charge is 2.18. The molecule has 0 bridgehead atoms. The molecule has 0 fully saturated rings. The number of imidazole rings is 1. The van der Waals surface area contributed by atoms with Gasteiger partial charge in [-0.2, -0.15) is 0 Å². The van der Waals surface area contributed by atoms with Crippen molar-refractivity contribution < 1.29 is 9.53 Å². The first-order chi connectivity index (χ1) is 13.4. The van der Waals surface area contributed by atoms with Crippen LogP contribution in [-0.4, -0.2) is 47.7 Å². The lowest BCUT2D eigenvalue weighted by Gasteiger charge is -2.25. The molecule has 1 amide bonds. The van der Waals surface area contributed by atoms with Crippen LogP contribution in [0.3, 0.4) is 0 Å². The van der Waals surface area contributed by atoms with Gasteiger partial charge in [-0.15, -0.1) is 0 Å². The Balaban J connectivity index is 1.74. The lowest BCUT2D eigenvalue weighted by atomic mass is 10.1. The van der Waals surface area contributed by atoms with Crippen LogP contribution in [0.5, 0.6) is 5.75 Å². The van der Waals surface area contributed by atoms with Crippen molar-refractivity contribution in [3.8, 4) is 5.75 Å². The molecule has 0 saturated carbocycles. The monoisotopic (exact) mass is 382 g/mol. The molecule has 3 rings (SSSR count). The molecule has 2 aromatic carbocycles. The fourth-order valence-electron chi connectivity index (χ4n) is 3.37. The summed E-state index contributed by atoms with van der Waals surface area (Å²) in [5, 5.41) is 2.96. The molecule has 0 aliphatic heterocycles. The normalized spacial score (nSPS) is 12.3. The predicted molar refractivity (Wildman–Crippen MR) is 110 cm³/mol. The first-order valence-electron chi connectivity index (χ1n) is 9.13. The Labute approximate surface area is 164 Å². The number of carbonyl (C=O) groups is 1. The van der Waals surface area contributed by atoms with Crippen molar-refractivity contribution in [1.82, 2.24) is 19.4 Å². The molecule has 1 aromatic heterocycles. The maximum atomic E-state index is 12.6. The molecule has 3 aromatic rings. The highest BCUT2D eigenvalue weighted by molar-refractivity contribution is 5.80. The van der Waals surface area contributed by atoms with Crippen LogP contribution < -0.4 is 15.7 Å². The summed E-state index contributed by atoms with van der Waals surface area (Å²) in [6.07, 6.45) is 0. The van der Waals surface area contributed by atoms with Crippen molar-refractivity contribution in [2.24, 2.45) is 7.05 Å². The van der Waals surface area contributed by atoms with E-state index < -0.39 is 0 Å². The third-order valence-electron chi connectivity index (χ3n) is 4.95. The van der Waals surface area contributed by atoms with E-state index >= 15 is 0 Å². The van der Waals surface area contributed by atoms with E-state index in [0.29, 0.717) is 6.54 Å².